The lowest BCUT2D eigenvalue weighted by Gasteiger charge is -2.24. The average Bonchev–Trinajstić information content (AvgIpc) is 2.39. The van der Waals surface area contributed by atoms with Crippen LogP contribution in [0.1, 0.15) is 38.2 Å². The van der Waals surface area contributed by atoms with E-state index in [4.69, 9.17) is 11.5 Å². The quantitative estimate of drug-likeness (QED) is 0.594. The Hall–Kier alpha value is -1.66. The molecule has 118 valence electrons. The monoisotopic (exact) mass is 315 g/mol. The number of amides is 1. The molecule has 1 amide bonds. The first-order valence-corrected chi connectivity index (χ1v) is 6.66. The fraction of sp³-hybridized carbons (Fsp3) is 0.500. The minimum atomic E-state index is -0.431. The Labute approximate surface area is 130 Å². The molecule has 6 nitrogen and oxygen atoms in total. The molecule has 7 heteroatoms. The number of nitrogens with zero attached hydrogens (tertiary/aromatic N) is 1. The molecule has 0 bridgehead atoms. The Balaban J connectivity index is 0.00000400. The van der Waals surface area contributed by atoms with Gasteiger partial charge in [-0.2, -0.15) is 0 Å². The topological polar surface area (TPSA) is 112 Å². The predicted molar refractivity (Wildman–Crippen MR) is 84.3 cm³/mol. The van der Waals surface area contributed by atoms with Gasteiger partial charge in [-0.1, -0.05) is 26.0 Å². The molecule has 0 radical (unpaired) electrons. The molecule has 0 spiro atoms. The molecule has 0 aromatic heterocycles. The van der Waals surface area contributed by atoms with Crippen LogP contribution < -0.4 is 11.5 Å². The average molecular weight is 316 g/mol. The lowest BCUT2D eigenvalue weighted by atomic mass is 9.85. The van der Waals surface area contributed by atoms with Crippen molar-refractivity contribution in [3.8, 4) is 0 Å². The number of nitrogens with two attached hydrogens (primary N) is 2. The Kier molecular flexibility index (Phi) is 7.91. The molecule has 1 aromatic rings. The van der Waals surface area contributed by atoms with E-state index in [-0.39, 0.29) is 41.9 Å². The Morgan fingerprint density at radius 3 is 2.24 bits per heavy atom. The second kappa shape index (κ2) is 8.59. The number of hydrogen-bond donors (Lipinski definition) is 2. The molecule has 0 aliphatic rings. The highest BCUT2D eigenvalue weighted by Crippen LogP contribution is 2.27. The Morgan fingerprint density at radius 2 is 1.86 bits per heavy atom. The van der Waals surface area contributed by atoms with Gasteiger partial charge in [-0.05, 0) is 24.3 Å². The van der Waals surface area contributed by atoms with Crippen molar-refractivity contribution in [2.45, 2.75) is 38.6 Å². The van der Waals surface area contributed by atoms with Crippen LogP contribution >= 0.6 is 12.4 Å². The first-order valence-electron chi connectivity index (χ1n) is 6.66. The number of non-ortho nitro benzene ring substituents is 1. The maximum Gasteiger partial charge on any atom is 0.269 e. The first-order chi connectivity index (χ1) is 9.36. The summed E-state index contributed by atoms with van der Waals surface area (Å²) >= 11 is 0. The van der Waals surface area contributed by atoms with Crippen molar-refractivity contribution >= 4 is 24.0 Å². The van der Waals surface area contributed by atoms with Crippen LogP contribution in [0.3, 0.4) is 0 Å². The van der Waals surface area contributed by atoms with Gasteiger partial charge in [0.25, 0.3) is 5.69 Å². The van der Waals surface area contributed by atoms with Gasteiger partial charge in [0.1, 0.15) is 0 Å². The molecule has 0 fully saturated rings. The van der Waals surface area contributed by atoms with Crippen LogP contribution in [0.25, 0.3) is 0 Å². The van der Waals surface area contributed by atoms with Crippen LogP contribution in [0.4, 0.5) is 5.69 Å². The number of nitro groups is 1. The number of carbonyl (C=O) groups excluding carboxylic acids is 1. The normalized spacial score (nSPS) is 14.6. The maximum atomic E-state index is 11.1. The van der Waals surface area contributed by atoms with E-state index in [0.29, 0.717) is 6.42 Å². The number of primary amides is 1. The van der Waals surface area contributed by atoms with E-state index in [1.165, 1.54) is 12.1 Å². The van der Waals surface area contributed by atoms with Gasteiger partial charge in [0, 0.05) is 24.1 Å². The van der Waals surface area contributed by atoms with Crippen LogP contribution in [0, 0.1) is 16.0 Å². The summed E-state index contributed by atoms with van der Waals surface area (Å²) in [4.78, 5) is 21.3. The van der Waals surface area contributed by atoms with Gasteiger partial charge in [0.05, 0.1) is 4.92 Å². The van der Waals surface area contributed by atoms with Crippen molar-refractivity contribution in [1.82, 2.24) is 0 Å². The molecule has 0 heterocycles. The van der Waals surface area contributed by atoms with Crippen LogP contribution in [-0.4, -0.2) is 16.9 Å². The van der Waals surface area contributed by atoms with Crippen LogP contribution in [0.5, 0.6) is 0 Å². The summed E-state index contributed by atoms with van der Waals surface area (Å²) in [7, 11) is 0. The number of halogens is 1. The highest BCUT2D eigenvalue weighted by molar-refractivity contribution is 5.85. The van der Waals surface area contributed by atoms with E-state index in [1.807, 2.05) is 6.92 Å². The Morgan fingerprint density at radius 1 is 1.33 bits per heavy atom. The number of hydrogen-bond acceptors (Lipinski definition) is 4. The van der Waals surface area contributed by atoms with E-state index in [0.717, 1.165) is 12.0 Å². The molecule has 0 aliphatic heterocycles. The third-order valence-corrected chi connectivity index (χ3v) is 3.60. The standard InChI is InChI=1S/C14H21N3O3.ClH/c1-3-12(13(15)8-9(2)14(16)18)10-4-6-11(7-5-10)17(19)20;/h4-7,9,12-13H,3,8,15H2,1-2H3,(H2,16,18);1H/t9-,12?,13?;/m0./s1. The van der Waals surface area contributed by atoms with E-state index >= 15 is 0 Å². The summed E-state index contributed by atoms with van der Waals surface area (Å²) in [6.07, 6.45) is 1.30. The number of rotatable bonds is 7. The van der Waals surface area contributed by atoms with E-state index in [9.17, 15) is 14.9 Å². The number of carbonyl (C=O) groups is 1. The summed E-state index contributed by atoms with van der Waals surface area (Å²) < 4.78 is 0. The summed E-state index contributed by atoms with van der Waals surface area (Å²) in [6.45, 7) is 3.76. The van der Waals surface area contributed by atoms with Crippen molar-refractivity contribution in [2.75, 3.05) is 0 Å². The van der Waals surface area contributed by atoms with Gasteiger partial charge in [0.2, 0.25) is 5.91 Å². The van der Waals surface area contributed by atoms with Crippen molar-refractivity contribution in [2.24, 2.45) is 17.4 Å². The van der Waals surface area contributed by atoms with Crippen LogP contribution in [-0.2, 0) is 4.79 Å². The summed E-state index contributed by atoms with van der Waals surface area (Å²) in [6, 6.07) is 6.19. The summed E-state index contributed by atoms with van der Waals surface area (Å²) in [5, 5.41) is 10.6. The minimum absolute atomic E-state index is 0. The highest BCUT2D eigenvalue weighted by Gasteiger charge is 2.22. The highest BCUT2D eigenvalue weighted by atomic mass is 35.5. The first kappa shape index (κ1) is 19.3. The molecule has 0 saturated heterocycles. The zero-order chi connectivity index (χ0) is 15.3. The molecule has 21 heavy (non-hydrogen) atoms. The summed E-state index contributed by atoms with van der Waals surface area (Å²) in [5.74, 6) is -0.589. The van der Waals surface area contributed by atoms with E-state index in [2.05, 4.69) is 0 Å². The third-order valence-electron chi connectivity index (χ3n) is 3.60. The largest absolute Gasteiger partial charge is 0.369 e. The Bertz CT molecular complexity index is 479. The lowest BCUT2D eigenvalue weighted by Crippen LogP contribution is -2.34. The van der Waals surface area contributed by atoms with Crippen LogP contribution in [0.15, 0.2) is 24.3 Å². The molecule has 1 rings (SSSR count). The molecule has 3 atom stereocenters. The minimum Gasteiger partial charge on any atom is -0.369 e. The van der Waals surface area contributed by atoms with Crippen molar-refractivity contribution in [3.05, 3.63) is 39.9 Å². The lowest BCUT2D eigenvalue weighted by molar-refractivity contribution is -0.384. The zero-order valence-electron chi connectivity index (χ0n) is 12.2. The molecule has 0 saturated carbocycles. The fourth-order valence-electron chi connectivity index (χ4n) is 2.32. The molecule has 1 aromatic carbocycles. The van der Waals surface area contributed by atoms with E-state index < -0.39 is 4.92 Å². The van der Waals surface area contributed by atoms with Crippen LogP contribution in [0.2, 0.25) is 0 Å². The van der Waals surface area contributed by atoms with Gasteiger partial charge in [-0.15, -0.1) is 12.4 Å². The van der Waals surface area contributed by atoms with Crippen molar-refractivity contribution in [1.29, 1.82) is 0 Å². The van der Waals surface area contributed by atoms with Gasteiger partial charge in [-0.25, -0.2) is 0 Å². The predicted octanol–water partition coefficient (Wildman–Crippen LogP) is 2.35. The zero-order valence-corrected chi connectivity index (χ0v) is 13.0. The number of nitro benzene ring substituents is 1. The SMILES string of the molecule is CCC(c1ccc([N+](=O)[O-])cc1)C(N)C[C@H](C)C(N)=O.Cl. The van der Waals surface area contributed by atoms with Gasteiger partial charge in [-0.3, -0.25) is 14.9 Å². The maximum absolute atomic E-state index is 11.1. The van der Waals surface area contributed by atoms with Gasteiger partial charge >= 0.3 is 0 Å². The van der Waals surface area contributed by atoms with Crippen molar-refractivity contribution in [3.63, 3.8) is 0 Å². The molecule has 4 N–H and O–H groups in total. The number of benzene rings is 1. The molecule has 2 unspecified atom stereocenters. The molecular weight excluding hydrogens is 294 g/mol. The third kappa shape index (κ3) is 5.32. The summed E-state index contributed by atoms with van der Waals surface area (Å²) in [5.41, 5.74) is 12.4. The fourth-order valence-corrected chi connectivity index (χ4v) is 2.32. The van der Waals surface area contributed by atoms with Crippen molar-refractivity contribution < 1.29 is 9.72 Å². The smallest absolute Gasteiger partial charge is 0.269 e. The molecule has 0 aliphatic carbocycles. The molecular formula is C14H22ClN3O3. The van der Waals surface area contributed by atoms with E-state index in [1.54, 1.807) is 19.1 Å². The second-order valence-corrected chi connectivity index (χ2v) is 5.07. The van der Waals surface area contributed by atoms with Gasteiger partial charge in [0.15, 0.2) is 0 Å². The van der Waals surface area contributed by atoms with Gasteiger partial charge < -0.3 is 11.5 Å². The second-order valence-electron chi connectivity index (χ2n) is 5.07.